The Morgan fingerprint density at radius 3 is 3.06 bits per heavy atom. The van der Waals surface area contributed by atoms with Crippen LogP contribution in [0.2, 0.25) is 0 Å². The lowest BCUT2D eigenvalue weighted by atomic mass is 10.2. The highest BCUT2D eigenvalue weighted by Gasteiger charge is 2.24. The molecule has 2 aliphatic rings. The molecule has 4 rings (SSSR count). The molecule has 0 bridgehead atoms. The Hall–Kier alpha value is -1.20. The van der Waals surface area contributed by atoms with Crippen LogP contribution in [-0.2, 0) is 12.8 Å². The molecular formula is C13H15N3OS. The molecule has 1 unspecified atom stereocenters. The van der Waals surface area contributed by atoms with Gasteiger partial charge in [-0.1, -0.05) is 0 Å². The van der Waals surface area contributed by atoms with Gasteiger partial charge < -0.3 is 10.3 Å². The Kier molecular flexibility index (Phi) is 2.32. The van der Waals surface area contributed by atoms with Gasteiger partial charge in [-0.15, -0.1) is 11.3 Å². The molecule has 2 aromatic rings. The summed E-state index contributed by atoms with van der Waals surface area (Å²) in [6.45, 7) is 1.02. The first-order valence-corrected chi connectivity index (χ1v) is 7.42. The summed E-state index contributed by atoms with van der Waals surface area (Å²) in [5.74, 6) is 0.824. The molecule has 0 spiro atoms. The van der Waals surface area contributed by atoms with Crippen LogP contribution in [0.4, 0.5) is 0 Å². The molecule has 1 saturated heterocycles. The number of nitrogens with zero attached hydrogens (tertiary/aromatic N) is 1. The molecule has 4 nitrogen and oxygen atoms in total. The van der Waals surface area contributed by atoms with Gasteiger partial charge in [0.05, 0.1) is 11.4 Å². The number of aromatic amines is 1. The van der Waals surface area contributed by atoms with Gasteiger partial charge in [0.25, 0.3) is 5.56 Å². The number of aromatic nitrogens is 2. The Morgan fingerprint density at radius 1 is 1.28 bits per heavy atom. The third-order valence-electron chi connectivity index (χ3n) is 3.98. The molecule has 18 heavy (non-hydrogen) atoms. The summed E-state index contributed by atoms with van der Waals surface area (Å²) >= 11 is 1.71. The smallest absolute Gasteiger partial charge is 0.259 e. The summed E-state index contributed by atoms with van der Waals surface area (Å²) in [4.78, 5) is 22.2. The van der Waals surface area contributed by atoms with Gasteiger partial charge in [0.15, 0.2) is 0 Å². The van der Waals surface area contributed by atoms with Crippen LogP contribution in [0.25, 0.3) is 10.2 Å². The van der Waals surface area contributed by atoms with Gasteiger partial charge in [-0.3, -0.25) is 4.79 Å². The molecule has 2 aromatic heterocycles. The first-order valence-electron chi connectivity index (χ1n) is 6.61. The molecule has 5 heteroatoms. The minimum atomic E-state index is 0.0584. The van der Waals surface area contributed by atoms with Crippen molar-refractivity contribution < 1.29 is 0 Å². The number of hydrogen-bond acceptors (Lipinski definition) is 4. The average Bonchev–Trinajstić information content (AvgIpc) is 3.04. The Labute approximate surface area is 108 Å². The zero-order valence-corrected chi connectivity index (χ0v) is 10.9. The average molecular weight is 261 g/mol. The second kappa shape index (κ2) is 3.90. The molecule has 3 heterocycles. The van der Waals surface area contributed by atoms with Crippen LogP contribution >= 0.6 is 11.3 Å². The third kappa shape index (κ3) is 1.47. The van der Waals surface area contributed by atoms with Crippen LogP contribution in [-0.4, -0.2) is 16.5 Å². The van der Waals surface area contributed by atoms with Crippen LogP contribution in [0.15, 0.2) is 4.79 Å². The van der Waals surface area contributed by atoms with Crippen molar-refractivity contribution in [3.63, 3.8) is 0 Å². The largest absolute Gasteiger partial charge is 0.309 e. The van der Waals surface area contributed by atoms with Gasteiger partial charge in [0, 0.05) is 4.88 Å². The van der Waals surface area contributed by atoms with E-state index in [9.17, 15) is 4.79 Å². The van der Waals surface area contributed by atoms with Crippen LogP contribution in [0.5, 0.6) is 0 Å². The second-order valence-electron chi connectivity index (χ2n) is 5.14. The Bertz CT molecular complexity index is 667. The molecule has 0 amide bonds. The van der Waals surface area contributed by atoms with Crippen molar-refractivity contribution in [1.29, 1.82) is 0 Å². The topological polar surface area (TPSA) is 57.8 Å². The summed E-state index contributed by atoms with van der Waals surface area (Å²) in [5, 5.41) is 4.24. The van der Waals surface area contributed by atoms with Gasteiger partial charge in [-0.25, -0.2) is 4.98 Å². The first kappa shape index (κ1) is 10.7. The molecule has 1 aliphatic heterocycles. The lowest BCUT2D eigenvalue weighted by Crippen LogP contribution is -2.20. The third-order valence-corrected chi connectivity index (χ3v) is 5.17. The second-order valence-corrected chi connectivity index (χ2v) is 6.22. The van der Waals surface area contributed by atoms with Crippen molar-refractivity contribution in [1.82, 2.24) is 15.3 Å². The van der Waals surface area contributed by atoms with Gasteiger partial charge >= 0.3 is 0 Å². The normalized spacial score (nSPS) is 22.8. The van der Waals surface area contributed by atoms with E-state index in [2.05, 4.69) is 15.3 Å². The van der Waals surface area contributed by atoms with E-state index in [1.807, 2.05) is 0 Å². The quantitative estimate of drug-likeness (QED) is 0.824. The van der Waals surface area contributed by atoms with Gasteiger partial charge in [-0.2, -0.15) is 0 Å². The lowest BCUT2D eigenvalue weighted by molar-refractivity contribution is 0.606. The standard InChI is InChI=1S/C13H15N3OS/c17-12-10-7-3-1-5-9(7)18-13(10)16-11(15-12)8-4-2-6-14-8/h8,14H,1-6H2,(H,15,16,17). The number of fused-ring (bicyclic) bond motifs is 3. The van der Waals surface area contributed by atoms with Crippen molar-refractivity contribution in [2.75, 3.05) is 6.54 Å². The zero-order valence-electron chi connectivity index (χ0n) is 10.1. The maximum Gasteiger partial charge on any atom is 0.259 e. The fourth-order valence-electron chi connectivity index (χ4n) is 3.10. The number of nitrogens with one attached hydrogen (secondary N) is 2. The van der Waals surface area contributed by atoms with Crippen molar-refractivity contribution >= 4 is 21.6 Å². The Morgan fingerprint density at radius 2 is 2.22 bits per heavy atom. The molecule has 94 valence electrons. The monoisotopic (exact) mass is 261 g/mol. The van der Waals surface area contributed by atoms with E-state index in [-0.39, 0.29) is 11.6 Å². The van der Waals surface area contributed by atoms with Crippen molar-refractivity contribution in [2.24, 2.45) is 0 Å². The van der Waals surface area contributed by atoms with E-state index < -0.39 is 0 Å². The van der Waals surface area contributed by atoms with Crippen LogP contribution < -0.4 is 10.9 Å². The van der Waals surface area contributed by atoms with Crippen molar-refractivity contribution in [3.05, 3.63) is 26.6 Å². The molecule has 1 atom stereocenters. The highest BCUT2D eigenvalue weighted by atomic mass is 32.1. The number of thiophene rings is 1. The summed E-state index contributed by atoms with van der Waals surface area (Å²) < 4.78 is 0. The van der Waals surface area contributed by atoms with E-state index >= 15 is 0 Å². The summed E-state index contributed by atoms with van der Waals surface area (Å²) in [6.07, 6.45) is 5.57. The van der Waals surface area contributed by atoms with E-state index in [4.69, 9.17) is 0 Å². The number of H-pyrrole nitrogens is 1. The molecule has 1 fully saturated rings. The first-order chi connectivity index (χ1) is 8.83. The predicted molar refractivity (Wildman–Crippen MR) is 72.2 cm³/mol. The predicted octanol–water partition coefficient (Wildman–Crippen LogP) is 1.90. The van der Waals surface area contributed by atoms with Crippen molar-refractivity contribution in [3.8, 4) is 0 Å². The van der Waals surface area contributed by atoms with E-state index in [1.165, 1.54) is 16.9 Å². The maximum absolute atomic E-state index is 12.3. The molecule has 2 N–H and O–H groups in total. The van der Waals surface area contributed by atoms with Crippen LogP contribution in [0.1, 0.15) is 41.6 Å². The summed E-state index contributed by atoms with van der Waals surface area (Å²) in [5.41, 5.74) is 1.32. The maximum atomic E-state index is 12.3. The number of rotatable bonds is 1. The van der Waals surface area contributed by atoms with Crippen molar-refractivity contribution in [2.45, 2.75) is 38.1 Å². The fourth-order valence-corrected chi connectivity index (χ4v) is 4.37. The van der Waals surface area contributed by atoms with Gasteiger partial charge in [0.2, 0.25) is 0 Å². The van der Waals surface area contributed by atoms with E-state index in [1.54, 1.807) is 11.3 Å². The molecular weight excluding hydrogens is 246 g/mol. The van der Waals surface area contributed by atoms with E-state index in [0.717, 1.165) is 48.3 Å². The van der Waals surface area contributed by atoms with Crippen LogP contribution in [0, 0.1) is 0 Å². The van der Waals surface area contributed by atoms with Gasteiger partial charge in [0.1, 0.15) is 10.7 Å². The zero-order chi connectivity index (χ0) is 12.1. The molecule has 1 aliphatic carbocycles. The molecule has 0 saturated carbocycles. The summed E-state index contributed by atoms with van der Waals surface area (Å²) in [6, 6.07) is 0.235. The summed E-state index contributed by atoms with van der Waals surface area (Å²) in [7, 11) is 0. The van der Waals surface area contributed by atoms with Crippen LogP contribution in [0.3, 0.4) is 0 Å². The lowest BCUT2D eigenvalue weighted by Gasteiger charge is -2.08. The highest BCUT2D eigenvalue weighted by Crippen LogP contribution is 2.35. The minimum absolute atomic E-state index is 0.0584. The minimum Gasteiger partial charge on any atom is -0.309 e. The number of aryl methyl sites for hydroxylation is 2. The SMILES string of the molecule is O=c1[nH]c(C2CCCN2)nc2sc3c(c12)CCC3. The highest BCUT2D eigenvalue weighted by molar-refractivity contribution is 7.18. The van der Waals surface area contributed by atoms with E-state index in [0.29, 0.717) is 0 Å². The number of hydrogen-bond donors (Lipinski definition) is 2. The molecule has 0 aromatic carbocycles. The fraction of sp³-hybridized carbons (Fsp3) is 0.538. The molecule has 0 radical (unpaired) electrons. The Balaban J connectivity index is 1.91. The van der Waals surface area contributed by atoms with Gasteiger partial charge in [-0.05, 0) is 44.2 Å².